The summed E-state index contributed by atoms with van der Waals surface area (Å²) in [5.41, 5.74) is 0. The van der Waals surface area contributed by atoms with Crippen LogP contribution in [0, 0.1) is 0 Å². The van der Waals surface area contributed by atoms with Crippen LogP contribution < -0.4 is 5.11 Å². The summed E-state index contributed by atoms with van der Waals surface area (Å²) in [6.45, 7) is 4.40. The van der Waals surface area contributed by atoms with Gasteiger partial charge in [-0.05, 0) is 70.6 Å². The molecule has 2 unspecified atom stereocenters. The Balaban J connectivity index is 4.27. The van der Waals surface area contributed by atoms with E-state index >= 15 is 0 Å². The monoisotopic (exact) mass is 742 g/mol. The molecule has 0 bridgehead atoms. The van der Waals surface area contributed by atoms with Crippen LogP contribution in [-0.2, 0) is 28.6 Å². The number of carboxylic acid groups (broad SMARTS) is 1. The number of hydrogen-bond donors (Lipinski definition) is 0. The van der Waals surface area contributed by atoms with Crippen LogP contribution >= 0.6 is 0 Å². The first-order valence-electron chi connectivity index (χ1n) is 20.5. The molecule has 0 amide bonds. The van der Waals surface area contributed by atoms with Crippen LogP contribution in [0.2, 0.25) is 0 Å². The van der Waals surface area contributed by atoms with Crippen LogP contribution in [0.4, 0.5) is 0 Å². The van der Waals surface area contributed by atoms with Crippen molar-refractivity contribution in [2.24, 2.45) is 0 Å². The fourth-order valence-electron chi connectivity index (χ4n) is 5.41. The topological polar surface area (TPSA) is 102 Å². The normalized spacial score (nSPS) is 13.8. The quantitative estimate of drug-likeness (QED) is 0.0276. The van der Waals surface area contributed by atoms with Gasteiger partial charge in [0.15, 0.2) is 6.10 Å². The van der Waals surface area contributed by atoms with Gasteiger partial charge >= 0.3 is 11.9 Å². The van der Waals surface area contributed by atoms with Gasteiger partial charge in [0.25, 0.3) is 0 Å². The number of likely N-dealkylation sites (N-methyl/N-ethyl adjacent to an activating group) is 1. The summed E-state index contributed by atoms with van der Waals surface area (Å²) in [5.74, 6) is -1.84. The summed E-state index contributed by atoms with van der Waals surface area (Å²) in [5, 5.41) is 11.6. The number of aliphatic carboxylic acids is 1. The summed E-state index contributed by atoms with van der Waals surface area (Å²) in [7, 11) is 5.37. The SMILES string of the molecule is CC/C=C/C/C=C/C/C=C/C/C=C/C/C=C/CCCCCCCCC(=O)OCC(COCCC(C(=O)[O-])[N+](C)(C)C)OC(=O)CC/C=C/CCCCC. The van der Waals surface area contributed by atoms with E-state index in [9.17, 15) is 19.5 Å². The van der Waals surface area contributed by atoms with E-state index in [1.54, 1.807) is 21.1 Å². The largest absolute Gasteiger partial charge is 0.544 e. The van der Waals surface area contributed by atoms with E-state index in [4.69, 9.17) is 14.2 Å². The molecule has 0 aliphatic carbocycles. The summed E-state index contributed by atoms with van der Waals surface area (Å²) >= 11 is 0. The zero-order chi connectivity index (χ0) is 39.3. The van der Waals surface area contributed by atoms with Gasteiger partial charge in [0, 0.05) is 19.3 Å². The van der Waals surface area contributed by atoms with Crippen molar-refractivity contribution in [3.63, 3.8) is 0 Å². The van der Waals surface area contributed by atoms with Gasteiger partial charge in [-0.15, -0.1) is 0 Å². The zero-order valence-corrected chi connectivity index (χ0v) is 34.2. The maximum Gasteiger partial charge on any atom is 0.306 e. The molecule has 0 fully saturated rings. The summed E-state index contributed by atoms with van der Waals surface area (Å²) in [6.07, 6.45) is 43.9. The average Bonchev–Trinajstić information content (AvgIpc) is 3.11. The van der Waals surface area contributed by atoms with Crippen LogP contribution in [0.3, 0.4) is 0 Å². The predicted octanol–water partition coefficient (Wildman–Crippen LogP) is 9.46. The first kappa shape index (κ1) is 49.8. The maximum atomic E-state index is 12.5. The zero-order valence-electron chi connectivity index (χ0n) is 34.2. The number of quaternary nitrogens is 1. The van der Waals surface area contributed by atoms with Gasteiger partial charge in [0.05, 0.1) is 40.3 Å². The molecule has 0 aromatic carbocycles. The Morgan fingerprint density at radius 1 is 0.585 bits per heavy atom. The van der Waals surface area contributed by atoms with Gasteiger partial charge in [-0.25, -0.2) is 0 Å². The Hall–Kier alpha value is -3.23. The van der Waals surface area contributed by atoms with Crippen molar-refractivity contribution in [1.29, 1.82) is 0 Å². The van der Waals surface area contributed by atoms with Crippen molar-refractivity contribution in [1.82, 2.24) is 0 Å². The number of esters is 2. The lowest BCUT2D eigenvalue weighted by molar-refractivity contribution is -0.889. The van der Waals surface area contributed by atoms with E-state index < -0.39 is 18.1 Å². The molecular formula is C45H75NO7. The van der Waals surface area contributed by atoms with Gasteiger partial charge in [-0.3, -0.25) is 9.59 Å². The van der Waals surface area contributed by atoms with E-state index in [2.05, 4.69) is 80.7 Å². The second-order valence-corrected chi connectivity index (χ2v) is 14.5. The Morgan fingerprint density at radius 2 is 1.09 bits per heavy atom. The van der Waals surface area contributed by atoms with Crippen molar-refractivity contribution < 1.29 is 38.2 Å². The molecule has 0 aromatic heterocycles. The van der Waals surface area contributed by atoms with E-state index in [1.807, 2.05) is 6.08 Å². The van der Waals surface area contributed by atoms with Gasteiger partial charge in [0.1, 0.15) is 12.6 Å². The minimum Gasteiger partial charge on any atom is -0.544 e. The van der Waals surface area contributed by atoms with Gasteiger partial charge < -0.3 is 28.6 Å². The van der Waals surface area contributed by atoms with Crippen molar-refractivity contribution in [3.8, 4) is 0 Å². The van der Waals surface area contributed by atoms with Crippen molar-refractivity contribution in [2.45, 2.75) is 154 Å². The van der Waals surface area contributed by atoms with Gasteiger partial charge in [-0.2, -0.15) is 0 Å². The van der Waals surface area contributed by atoms with E-state index in [0.717, 1.165) is 77.0 Å². The highest BCUT2D eigenvalue weighted by Crippen LogP contribution is 2.12. The predicted molar refractivity (Wildman–Crippen MR) is 217 cm³/mol. The van der Waals surface area contributed by atoms with Crippen LogP contribution in [0.5, 0.6) is 0 Å². The smallest absolute Gasteiger partial charge is 0.306 e. The van der Waals surface area contributed by atoms with Crippen LogP contribution in [0.15, 0.2) is 72.9 Å². The molecule has 0 aliphatic heterocycles. The van der Waals surface area contributed by atoms with Crippen molar-refractivity contribution in [2.75, 3.05) is 41.0 Å². The Kier molecular flexibility index (Phi) is 33.6. The first-order chi connectivity index (χ1) is 25.6. The number of rotatable bonds is 35. The molecule has 0 spiro atoms. The molecule has 2 atom stereocenters. The molecule has 0 aromatic rings. The number of unbranched alkanes of at least 4 members (excludes halogenated alkanes) is 9. The molecule has 8 heteroatoms. The summed E-state index contributed by atoms with van der Waals surface area (Å²) in [6, 6.07) is -0.734. The molecular weight excluding hydrogens is 666 g/mol. The molecule has 53 heavy (non-hydrogen) atoms. The molecule has 0 rings (SSSR count). The highest BCUT2D eigenvalue weighted by molar-refractivity contribution is 5.70. The van der Waals surface area contributed by atoms with E-state index in [0.29, 0.717) is 12.8 Å². The second kappa shape index (κ2) is 35.8. The number of carboxylic acids is 1. The van der Waals surface area contributed by atoms with Crippen molar-refractivity contribution in [3.05, 3.63) is 72.9 Å². The standard InChI is InChI=1S/C45H75NO7/c1-6-8-10-12-14-15-16-17-18-19-20-21-22-23-24-25-26-27-28-30-31-33-35-43(47)52-40-41(39-51-38-37-42(45(49)50)46(3,4)5)53-44(48)36-34-32-29-13-11-9-7-2/h8,10,14-15,17-18,20-21,23-24,29,32,41-42H,6-7,9,11-13,16,19,22,25-28,30-31,33-40H2,1-5H3/b10-8+,15-14+,18-17+,21-20+,24-23+,32-29+. The fourth-order valence-corrected chi connectivity index (χ4v) is 5.41. The van der Waals surface area contributed by atoms with Crippen LogP contribution in [0.25, 0.3) is 0 Å². The van der Waals surface area contributed by atoms with Crippen LogP contribution in [-0.4, -0.2) is 75.5 Å². The number of allylic oxidation sites excluding steroid dienone is 12. The minimum atomic E-state index is -1.14. The third-order valence-corrected chi connectivity index (χ3v) is 8.59. The first-order valence-corrected chi connectivity index (χ1v) is 20.5. The third kappa shape index (κ3) is 34.3. The Morgan fingerprint density at radius 3 is 1.66 bits per heavy atom. The molecule has 0 saturated carbocycles. The second-order valence-electron chi connectivity index (χ2n) is 14.5. The number of carbonyl (C=O) groups is 3. The number of nitrogens with zero attached hydrogens (tertiary/aromatic N) is 1. The third-order valence-electron chi connectivity index (χ3n) is 8.59. The van der Waals surface area contributed by atoms with Crippen LogP contribution in [0.1, 0.15) is 142 Å². The molecule has 0 radical (unpaired) electrons. The summed E-state index contributed by atoms with van der Waals surface area (Å²) in [4.78, 5) is 36.5. The average molecular weight is 742 g/mol. The lowest BCUT2D eigenvalue weighted by Gasteiger charge is -2.34. The van der Waals surface area contributed by atoms with E-state index in [-0.39, 0.29) is 49.1 Å². The van der Waals surface area contributed by atoms with Gasteiger partial charge in [0.2, 0.25) is 0 Å². The lowest BCUT2D eigenvalue weighted by Crippen LogP contribution is -2.55. The lowest BCUT2D eigenvalue weighted by atomic mass is 10.1. The highest BCUT2D eigenvalue weighted by Gasteiger charge is 2.25. The summed E-state index contributed by atoms with van der Waals surface area (Å²) < 4.78 is 17.0. The molecule has 0 N–H and O–H groups in total. The Bertz CT molecular complexity index is 1100. The maximum absolute atomic E-state index is 12.5. The molecule has 8 nitrogen and oxygen atoms in total. The molecule has 0 saturated heterocycles. The highest BCUT2D eigenvalue weighted by atomic mass is 16.6. The fraction of sp³-hybridized carbons (Fsp3) is 0.667. The van der Waals surface area contributed by atoms with Gasteiger partial charge in [-0.1, -0.05) is 125 Å². The molecule has 302 valence electrons. The minimum absolute atomic E-state index is 0.0163. The number of hydrogen-bond acceptors (Lipinski definition) is 7. The number of ether oxygens (including phenoxy) is 3. The Labute approximate surface area is 323 Å². The van der Waals surface area contributed by atoms with Crippen molar-refractivity contribution >= 4 is 17.9 Å². The molecule has 0 heterocycles. The van der Waals surface area contributed by atoms with E-state index in [1.165, 1.54) is 25.7 Å². The number of carbonyl (C=O) groups excluding carboxylic acids is 3. The molecule has 0 aliphatic rings.